The van der Waals surface area contributed by atoms with Gasteiger partial charge in [0.2, 0.25) is 0 Å². The predicted octanol–water partition coefficient (Wildman–Crippen LogP) is 3.82. The SMILES string of the molecule is COC(=O)N1C[C@@H](c2ccc(OC)c(OC3CC4CCC3C4)c2)[C@](C)([C@H](C)O)C1. The summed E-state index contributed by atoms with van der Waals surface area (Å²) in [5, 5.41) is 10.6. The number of fused-ring (bicyclic) bond motifs is 2. The highest BCUT2D eigenvalue weighted by molar-refractivity contribution is 5.68. The zero-order valence-electron chi connectivity index (χ0n) is 17.9. The van der Waals surface area contributed by atoms with Crippen LogP contribution in [0.5, 0.6) is 11.5 Å². The molecule has 1 amide bonds. The molecule has 2 saturated carbocycles. The van der Waals surface area contributed by atoms with Gasteiger partial charge in [0, 0.05) is 24.4 Å². The van der Waals surface area contributed by atoms with Crippen molar-refractivity contribution in [2.24, 2.45) is 17.3 Å². The van der Waals surface area contributed by atoms with E-state index in [-0.39, 0.29) is 18.1 Å². The standard InChI is InChI=1S/C23H33NO5/c1-14(25)23(2)13-24(22(26)28-4)12-18(23)16-7-8-19(27-3)21(11-16)29-20-10-15-5-6-17(20)9-15/h7-8,11,14-15,17-18,20,25H,5-6,9-10,12-13H2,1-4H3/t14-,15?,17?,18-,20?,23-/m0/s1. The van der Waals surface area contributed by atoms with Crippen molar-refractivity contribution in [1.29, 1.82) is 0 Å². The normalized spacial score (nSPS) is 34.3. The first-order chi connectivity index (χ1) is 13.9. The molecule has 4 rings (SSSR count). The van der Waals surface area contributed by atoms with Gasteiger partial charge in [0.05, 0.1) is 20.3 Å². The van der Waals surface area contributed by atoms with E-state index in [9.17, 15) is 9.90 Å². The minimum Gasteiger partial charge on any atom is -0.493 e. The second-order valence-corrected chi connectivity index (χ2v) is 9.33. The molecule has 160 valence electrons. The molecule has 29 heavy (non-hydrogen) atoms. The van der Waals surface area contributed by atoms with Crippen molar-refractivity contribution in [2.75, 3.05) is 27.3 Å². The Balaban J connectivity index is 1.62. The lowest BCUT2D eigenvalue weighted by molar-refractivity contribution is 0.0469. The van der Waals surface area contributed by atoms with Crippen LogP contribution < -0.4 is 9.47 Å². The Morgan fingerprint density at radius 1 is 1.24 bits per heavy atom. The number of aliphatic hydroxyl groups excluding tert-OH is 1. The van der Waals surface area contributed by atoms with E-state index in [1.807, 2.05) is 19.1 Å². The number of carbonyl (C=O) groups is 1. The molecule has 0 aromatic heterocycles. The summed E-state index contributed by atoms with van der Waals surface area (Å²) in [5.41, 5.74) is 0.589. The van der Waals surface area contributed by atoms with Crippen molar-refractivity contribution in [2.45, 2.75) is 57.7 Å². The topological polar surface area (TPSA) is 68.2 Å². The zero-order chi connectivity index (χ0) is 20.8. The fraction of sp³-hybridized carbons (Fsp3) is 0.696. The lowest BCUT2D eigenvalue weighted by Crippen LogP contribution is -2.38. The van der Waals surface area contributed by atoms with Gasteiger partial charge in [-0.15, -0.1) is 0 Å². The molecule has 1 heterocycles. The molecule has 0 spiro atoms. The molecule has 1 saturated heterocycles. The van der Waals surface area contributed by atoms with Gasteiger partial charge in [-0.2, -0.15) is 0 Å². The van der Waals surface area contributed by atoms with E-state index in [0.717, 1.165) is 29.4 Å². The quantitative estimate of drug-likeness (QED) is 0.810. The second kappa shape index (κ2) is 7.71. The van der Waals surface area contributed by atoms with E-state index < -0.39 is 11.5 Å². The summed E-state index contributed by atoms with van der Waals surface area (Å²) < 4.78 is 17.0. The largest absolute Gasteiger partial charge is 0.493 e. The van der Waals surface area contributed by atoms with Crippen LogP contribution in [-0.4, -0.2) is 55.6 Å². The predicted molar refractivity (Wildman–Crippen MR) is 109 cm³/mol. The van der Waals surface area contributed by atoms with Crippen LogP contribution in [0.2, 0.25) is 0 Å². The maximum atomic E-state index is 12.1. The number of hydrogen-bond acceptors (Lipinski definition) is 5. The molecule has 6 nitrogen and oxygen atoms in total. The second-order valence-electron chi connectivity index (χ2n) is 9.33. The van der Waals surface area contributed by atoms with Crippen LogP contribution in [0.15, 0.2) is 18.2 Å². The fourth-order valence-electron chi connectivity index (χ4n) is 5.69. The maximum absolute atomic E-state index is 12.1. The number of likely N-dealkylation sites (tertiary alicyclic amines) is 1. The molecule has 6 heteroatoms. The Morgan fingerprint density at radius 3 is 2.62 bits per heavy atom. The number of ether oxygens (including phenoxy) is 3. The number of methoxy groups -OCH3 is 2. The molecule has 3 aliphatic rings. The van der Waals surface area contributed by atoms with Gasteiger partial charge in [-0.1, -0.05) is 13.0 Å². The molecule has 1 aromatic rings. The number of aliphatic hydroxyl groups is 1. The highest BCUT2D eigenvalue weighted by atomic mass is 16.5. The molecule has 3 unspecified atom stereocenters. The Hall–Kier alpha value is -1.95. The number of rotatable bonds is 5. The maximum Gasteiger partial charge on any atom is 0.409 e. The van der Waals surface area contributed by atoms with Crippen molar-refractivity contribution in [1.82, 2.24) is 4.90 Å². The average Bonchev–Trinajstić information content (AvgIpc) is 3.42. The van der Waals surface area contributed by atoms with Crippen molar-refractivity contribution in [3.8, 4) is 11.5 Å². The van der Waals surface area contributed by atoms with Gasteiger partial charge < -0.3 is 24.2 Å². The first kappa shape index (κ1) is 20.3. The van der Waals surface area contributed by atoms with Gasteiger partial charge in [-0.25, -0.2) is 4.79 Å². The Kier molecular flexibility index (Phi) is 5.40. The Bertz CT molecular complexity index is 766. The van der Waals surface area contributed by atoms with Crippen LogP contribution in [0.4, 0.5) is 4.79 Å². The third-order valence-corrected chi connectivity index (χ3v) is 7.66. The van der Waals surface area contributed by atoms with E-state index in [0.29, 0.717) is 19.0 Å². The lowest BCUT2D eigenvalue weighted by Gasteiger charge is -2.34. The van der Waals surface area contributed by atoms with Crippen molar-refractivity contribution >= 4 is 6.09 Å². The van der Waals surface area contributed by atoms with E-state index in [1.54, 1.807) is 18.9 Å². The minimum atomic E-state index is -0.570. The van der Waals surface area contributed by atoms with Crippen LogP contribution in [0.3, 0.4) is 0 Å². The van der Waals surface area contributed by atoms with Gasteiger partial charge in [0.15, 0.2) is 11.5 Å². The smallest absolute Gasteiger partial charge is 0.409 e. The number of amides is 1. The lowest BCUT2D eigenvalue weighted by atomic mass is 9.72. The van der Waals surface area contributed by atoms with Crippen LogP contribution in [0.1, 0.15) is 51.0 Å². The molecular weight excluding hydrogens is 370 g/mol. The van der Waals surface area contributed by atoms with Gasteiger partial charge in [0.1, 0.15) is 6.10 Å². The van der Waals surface area contributed by atoms with Gasteiger partial charge >= 0.3 is 6.09 Å². The van der Waals surface area contributed by atoms with E-state index in [4.69, 9.17) is 14.2 Å². The fourth-order valence-corrected chi connectivity index (χ4v) is 5.69. The molecule has 1 aromatic carbocycles. The van der Waals surface area contributed by atoms with Crippen molar-refractivity contribution in [3.05, 3.63) is 23.8 Å². The summed E-state index contributed by atoms with van der Waals surface area (Å²) in [6.45, 7) is 4.79. The van der Waals surface area contributed by atoms with Crippen molar-refractivity contribution < 1.29 is 24.1 Å². The monoisotopic (exact) mass is 403 g/mol. The first-order valence-electron chi connectivity index (χ1n) is 10.7. The third kappa shape index (κ3) is 3.56. The summed E-state index contributed by atoms with van der Waals surface area (Å²) in [4.78, 5) is 13.8. The van der Waals surface area contributed by atoms with Crippen LogP contribution in [-0.2, 0) is 4.74 Å². The van der Waals surface area contributed by atoms with Gasteiger partial charge in [-0.3, -0.25) is 0 Å². The molecule has 6 atom stereocenters. The summed E-state index contributed by atoms with van der Waals surface area (Å²) >= 11 is 0. The Morgan fingerprint density at radius 2 is 2.03 bits per heavy atom. The summed E-state index contributed by atoms with van der Waals surface area (Å²) in [5.74, 6) is 2.94. The van der Waals surface area contributed by atoms with Crippen molar-refractivity contribution in [3.63, 3.8) is 0 Å². The molecular formula is C23H33NO5. The van der Waals surface area contributed by atoms with E-state index in [1.165, 1.54) is 26.4 Å². The number of nitrogens with zero attached hydrogens (tertiary/aromatic N) is 1. The average molecular weight is 404 g/mol. The van der Waals surface area contributed by atoms with Gasteiger partial charge in [0.25, 0.3) is 0 Å². The molecule has 2 bridgehead atoms. The number of hydrogen-bond donors (Lipinski definition) is 1. The van der Waals surface area contributed by atoms with Crippen LogP contribution in [0.25, 0.3) is 0 Å². The molecule has 1 N–H and O–H groups in total. The number of carbonyl (C=O) groups excluding carboxylic acids is 1. The molecule has 1 aliphatic heterocycles. The molecule has 0 radical (unpaired) electrons. The summed E-state index contributed by atoms with van der Waals surface area (Å²) in [6.07, 6.45) is 4.34. The van der Waals surface area contributed by atoms with Crippen LogP contribution in [0, 0.1) is 17.3 Å². The van der Waals surface area contributed by atoms with Crippen LogP contribution >= 0.6 is 0 Å². The van der Waals surface area contributed by atoms with E-state index in [2.05, 4.69) is 6.07 Å². The number of benzene rings is 1. The summed E-state index contributed by atoms with van der Waals surface area (Å²) in [6, 6.07) is 6.02. The molecule has 2 aliphatic carbocycles. The van der Waals surface area contributed by atoms with Gasteiger partial charge in [-0.05, 0) is 62.1 Å². The zero-order valence-corrected chi connectivity index (χ0v) is 17.9. The highest BCUT2D eigenvalue weighted by Gasteiger charge is 2.49. The molecule has 3 fully saturated rings. The summed E-state index contributed by atoms with van der Waals surface area (Å²) in [7, 11) is 3.06. The first-order valence-corrected chi connectivity index (χ1v) is 10.7. The minimum absolute atomic E-state index is 0.0186. The highest BCUT2D eigenvalue weighted by Crippen LogP contribution is 2.49. The van der Waals surface area contributed by atoms with E-state index >= 15 is 0 Å². The third-order valence-electron chi connectivity index (χ3n) is 7.66. The Labute approximate surface area is 173 Å².